The number of morpholine rings is 1. The van der Waals surface area contributed by atoms with Crippen molar-refractivity contribution in [3.8, 4) is 0 Å². The normalized spacial score (nSPS) is 15.0. The maximum absolute atomic E-state index is 13.3. The summed E-state index contributed by atoms with van der Waals surface area (Å²) in [4.78, 5) is 14.2. The molecular weight excluding hydrogens is 389 g/mol. The lowest BCUT2D eigenvalue weighted by Crippen LogP contribution is -2.40. The van der Waals surface area contributed by atoms with Crippen molar-refractivity contribution in [3.63, 3.8) is 0 Å². The lowest BCUT2D eigenvalue weighted by Gasteiger charge is -2.25. The maximum Gasteiger partial charge on any atom is 0.276 e. The summed E-state index contributed by atoms with van der Waals surface area (Å²) in [5, 5.41) is 4.11. The summed E-state index contributed by atoms with van der Waals surface area (Å²) in [6, 6.07) is 9.20. The number of benzene rings is 2. The Labute approximate surface area is 159 Å². The molecular formula is C18H16FN3O5S. The van der Waals surface area contributed by atoms with Gasteiger partial charge in [0.25, 0.3) is 15.9 Å². The highest BCUT2D eigenvalue weighted by molar-refractivity contribution is 7.92. The molecule has 0 atom stereocenters. The van der Waals surface area contributed by atoms with Crippen molar-refractivity contribution < 1.29 is 26.9 Å². The van der Waals surface area contributed by atoms with Crippen molar-refractivity contribution in [1.82, 2.24) is 10.1 Å². The van der Waals surface area contributed by atoms with E-state index < -0.39 is 15.8 Å². The number of hydrogen-bond donors (Lipinski definition) is 1. The van der Waals surface area contributed by atoms with E-state index in [-0.39, 0.29) is 22.2 Å². The second-order valence-electron chi connectivity index (χ2n) is 6.21. The lowest BCUT2D eigenvalue weighted by atomic mass is 10.2. The van der Waals surface area contributed by atoms with Crippen molar-refractivity contribution in [3.05, 3.63) is 54.0 Å². The van der Waals surface area contributed by atoms with Crippen molar-refractivity contribution in [1.29, 1.82) is 0 Å². The fraction of sp³-hybridized carbons (Fsp3) is 0.222. The molecule has 2 aromatic carbocycles. The van der Waals surface area contributed by atoms with Crippen LogP contribution in [-0.2, 0) is 14.8 Å². The van der Waals surface area contributed by atoms with E-state index in [1.54, 1.807) is 4.90 Å². The third-order valence-corrected chi connectivity index (χ3v) is 5.71. The van der Waals surface area contributed by atoms with Gasteiger partial charge in [0, 0.05) is 13.1 Å². The predicted octanol–water partition coefficient (Wildman–Crippen LogP) is 2.24. The number of fused-ring (bicyclic) bond motifs is 1. The standard InChI is InChI=1S/C18H16FN3O5S/c19-12-2-1-3-13(10-12)21-28(24,25)14-4-5-16-15(11-14)17(20-27-16)18(23)22-6-8-26-9-7-22/h1-5,10-11,21H,6-9H2. The number of ether oxygens (including phenoxy) is 1. The van der Waals surface area contributed by atoms with Gasteiger partial charge in [-0.2, -0.15) is 0 Å². The highest BCUT2D eigenvalue weighted by Crippen LogP contribution is 2.25. The molecule has 28 heavy (non-hydrogen) atoms. The number of aromatic nitrogens is 1. The Morgan fingerprint density at radius 1 is 1.14 bits per heavy atom. The predicted molar refractivity (Wildman–Crippen MR) is 97.9 cm³/mol. The summed E-state index contributed by atoms with van der Waals surface area (Å²) < 4.78 is 51.4. The molecule has 0 aliphatic carbocycles. The van der Waals surface area contributed by atoms with Gasteiger partial charge < -0.3 is 14.2 Å². The molecule has 1 saturated heterocycles. The van der Waals surface area contributed by atoms with Crippen LogP contribution in [0, 0.1) is 5.82 Å². The minimum atomic E-state index is -4.00. The number of rotatable bonds is 4. The Kier molecular flexibility index (Phi) is 4.73. The fourth-order valence-corrected chi connectivity index (χ4v) is 4.00. The van der Waals surface area contributed by atoms with Gasteiger partial charge in [0.1, 0.15) is 5.82 Å². The molecule has 1 amide bonds. The van der Waals surface area contributed by atoms with Gasteiger partial charge in [-0.15, -0.1) is 0 Å². The van der Waals surface area contributed by atoms with Crippen LogP contribution in [0.15, 0.2) is 51.9 Å². The SMILES string of the molecule is O=C(c1noc2ccc(S(=O)(=O)Nc3cccc(F)c3)cc12)N1CCOCC1. The molecule has 2 heterocycles. The van der Waals surface area contributed by atoms with Gasteiger partial charge in [-0.1, -0.05) is 11.2 Å². The molecule has 1 aliphatic heterocycles. The van der Waals surface area contributed by atoms with Crippen LogP contribution in [0.25, 0.3) is 11.0 Å². The number of nitrogens with zero attached hydrogens (tertiary/aromatic N) is 2. The lowest BCUT2D eigenvalue weighted by molar-refractivity contribution is 0.0297. The van der Waals surface area contributed by atoms with Crippen LogP contribution in [0.4, 0.5) is 10.1 Å². The molecule has 8 nitrogen and oxygen atoms in total. The third kappa shape index (κ3) is 3.56. The number of amides is 1. The average molecular weight is 405 g/mol. The van der Waals surface area contributed by atoms with Crippen LogP contribution >= 0.6 is 0 Å². The van der Waals surface area contributed by atoms with Gasteiger partial charge in [0.2, 0.25) is 0 Å². The van der Waals surface area contributed by atoms with Gasteiger partial charge in [-0.25, -0.2) is 12.8 Å². The second kappa shape index (κ2) is 7.21. The van der Waals surface area contributed by atoms with Crippen molar-refractivity contribution in [2.75, 3.05) is 31.0 Å². The molecule has 0 radical (unpaired) electrons. The highest BCUT2D eigenvalue weighted by Gasteiger charge is 2.25. The molecule has 0 saturated carbocycles. The minimum absolute atomic E-state index is 0.0414. The number of carbonyl (C=O) groups is 1. The molecule has 1 fully saturated rings. The van der Waals surface area contributed by atoms with Crippen LogP contribution in [-0.4, -0.2) is 50.7 Å². The molecule has 3 aromatic rings. The van der Waals surface area contributed by atoms with Crippen LogP contribution in [0.3, 0.4) is 0 Å². The van der Waals surface area contributed by atoms with Crippen LogP contribution < -0.4 is 4.72 Å². The van der Waals surface area contributed by atoms with Crippen LogP contribution in [0.2, 0.25) is 0 Å². The van der Waals surface area contributed by atoms with E-state index in [2.05, 4.69) is 9.88 Å². The molecule has 146 valence electrons. The molecule has 1 aromatic heterocycles. The smallest absolute Gasteiger partial charge is 0.276 e. The van der Waals surface area contributed by atoms with Gasteiger partial charge in [-0.05, 0) is 36.4 Å². The van der Waals surface area contributed by atoms with Crippen LogP contribution in [0.1, 0.15) is 10.5 Å². The number of sulfonamides is 1. The summed E-state index contributed by atoms with van der Waals surface area (Å²) in [5.74, 6) is -0.914. The topological polar surface area (TPSA) is 102 Å². The highest BCUT2D eigenvalue weighted by atomic mass is 32.2. The number of anilines is 1. The summed E-state index contributed by atoms with van der Waals surface area (Å²) >= 11 is 0. The van der Waals surface area contributed by atoms with E-state index in [0.29, 0.717) is 37.3 Å². The largest absolute Gasteiger partial charge is 0.378 e. The van der Waals surface area contributed by atoms with Crippen molar-refractivity contribution >= 4 is 32.6 Å². The Bertz CT molecular complexity index is 1140. The van der Waals surface area contributed by atoms with E-state index in [4.69, 9.17) is 9.26 Å². The Balaban J connectivity index is 1.67. The Morgan fingerprint density at radius 2 is 1.93 bits per heavy atom. The molecule has 0 unspecified atom stereocenters. The monoisotopic (exact) mass is 405 g/mol. The Hall–Kier alpha value is -2.98. The van der Waals surface area contributed by atoms with Gasteiger partial charge in [0.05, 0.1) is 29.2 Å². The summed E-state index contributed by atoms with van der Waals surface area (Å²) in [5.41, 5.74) is 0.427. The minimum Gasteiger partial charge on any atom is -0.378 e. The van der Waals surface area contributed by atoms with Crippen molar-refractivity contribution in [2.24, 2.45) is 0 Å². The summed E-state index contributed by atoms with van der Waals surface area (Å²) in [7, 11) is -4.00. The first kappa shape index (κ1) is 18.4. The van der Waals surface area contributed by atoms with E-state index in [9.17, 15) is 17.6 Å². The second-order valence-corrected chi connectivity index (χ2v) is 7.89. The quantitative estimate of drug-likeness (QED) is 0.714. The van der Waals surface area contributed by atoms with Gasteiger partial charge in [0.15, 0.2) is 11.3 Å². The molecule has 0 bridgehead atoms. The van der Waals surface area contributed by atoms with E-state index >= 15 is 0 Å². The van der Waals surface area contributed by atoms with E-state index in [0.717, 1.165) is 6.07 Å². The van der Waals surface area contributed by atoms with Crippen molar-refractivity contribution in [2.45, 2.75) is 4.90 Å². The first-order chi connectivity index (χ1) is 13.4. The first-order valence-electron chi connectivity index (χ1n) is 8.49. The van der Waals surface area contributed by atoms with Gasteiger partial charge in [-0.3, -0.25) is 9.52 Å². The number of hydrogen-bond acceptors (Lipinski definition) is 6. The number of carbonyl (C=O) groups excluding carboxylic acids is 1. The Morgan fingerprint density at radius 3 is 2.68 bits per heavy atom. The fourth-order valence-electron chi connectivity index (χ4n) is 2.92. The summed E-state index contributed by atoms with van der Waals surface area (Å²) in [6.45, 7) is 1.70. The zero-order valence-electron chi connectivity index (χ0n) is 14.6. The van der Waals surface area contributed by atoms with E-state index in [1.165, 1.54) is 36.4 Å². The first-order valence-corrected chi connectivity index (χ1v) is 9.97. The average Bonchev–Trinajstić information content (AvgIpc) is 3.11. The number of nitrogens with one attached hydrogen (secondary N) is 1. The van der Waals surface area contributed by atoms with Crippen LogP contribution in [0.5, 0.6) is 0 Å². The third-order valence-electron chi connectivity index (χ3n) is 4.33. The molecule has 1 N–H and O–H groups in total. The summed E-state index contributed by atoms with van der Waals surface area (Å²) in [6.07, 6.45) is 0. The molecule has 10 heteroatoms. The number of halogens is 1. The van der Waals surface area contributed by atoms with Gasteiger partial charge >= 0.3 is 0 Å². The van der Waals surface area contributed by atoms with E-state index in [1.807, 2.05) is 0 Å². The molecule has 4 rings (SSSR count). The molecule has 1 aliphatic rings. The molecule has 0 spiro atoms. The zero-order chi connectivity index (χ0) is 19.7. The zero-order valence-corrected chi connectivity index (χ0v) is 15.4. The maximum atomic E-state index is 13.3.